The van der Waals surface area contributed by atoms with Gasteiger partial charge in [-0.25, -0.2) is 0 Å². The van der Waals surface area contributed by atoms with Crippen molar-refractivity contribution < 1.29 is 14.4 Å². The van der Waals surface area contributed by atoms with Gasteiger partial charge < -0.3 is 4.84 Å². The van der Waals surface area contributed by atoms with E-state index in [1.165, 1.54) is 7.05 Å². The Morgan fingerprint density at radius 3 is 2.82 bits per heavy atom. The van der Waals surface area contributed by atoms with Gasteiger partial charge in [0.2, 0.25) is 0 Å². The molecule has 1 amide bonds. The van der Waals surface area contributed by atoms with Crippen molar-refractivity contribution in [1.82, 2.24) is 5.06 Å². The number of nitrogens with zero attached hydrogens (tertiary/aromatic N) is 1. The van der Waals surface area contributed by atoms with E-state index in [0.717, 1.165) is 5.06 Å². The standard InChI is InChI=1S/C7H11NO3/c1-3-4-5-7(10)8(2)11-6-9/h3,6H,1,4-5H2,2H3. The van der Waals surface area contributed by atoms with Gasteiger partial charge in [-0.1, -0.05) is 6.08 Å². The molecule has 0 rings (SSSR count). The molecule has 4 nitrogen and oxygen atoms in total. The monoisotopic (exact) mass is 157 g/mol. The zero-order chi connectivity index (χ0) is 8.69. The summed E-state index contributed by atoms with van der Waals surface area (Å²) in [5, 5.41) is 0.899. The Morgan fingerprint density at radius 2 is 2.36 bits per heavy atom. The highest BCUT2D eigenvalue weighted by molar-refractivity contribution is 5.75. The van der Waals surface area contributed by atoms with Gasteiger partial charge in [0.25, 0.3) is 5.91 Å². The van der Waals surface area contributed by atoms with Gasteiger partial charge >= 0.3 is 6.47 Å². The molecule has 0 aliphatic carbocycles. The summed E-state index contributed by atoms with van der Waals surface area (Å²) in [7, 11) is 1.39. The van der Waals surface area contributed by atoms with Gasteiger partial charge in [0.05, 0.1) is 0 Å². The average molecular weight is 157 g/mol. The van der Waals surface area contributed by atoms with Crippen molar-refractivity contribution in [3.05, 3.63) is 12.7 Å². The van der Waals surface area contributed by atoms with Crippen LogP contribution < -0.4 is 0 Å². The van der Waals surface area contributed by atoms with Crippen molar-refractivity contribution in [3.8, 4) is 0 Å². The first-order valence-corrected chi connectivity index (χ1v) is 3.20. The molecule has 0 N–H and O–H groups in total. The van der Waals surface area contributed by atoms with Crippen LogP contribution in [0.2, 0.25) is 0 Å². The first-order chi connectivity index (χ1) is 5.22. The Hall–Kier alpha value is -1.32. The molecule has 0 bridgehead atoms. The highest BCUT2D eigenvalue weighted by Gasteiger charge is 2.06. The number of carbonyl (C=O) groups is 2. The molecule has 0 aromatic carbocycles. The van der Waals surface area contributed by atoms with Gasteiger partial charge in [0.1, 0.15) is 0 Å². The van der Waals surface area contributed by atoms with Gasteiger partial charge in [-0.15, -0.1) is 6.58 Å². The molecule has 11 heavy (non-hydrogen) atoms. The van der Waals surface area contributed by atoms with E-state index in [2.05, 4.69) is 11.4 Å². The molecule has 0 fully saturated rings. The van der Waals surface area contributed by atoms with E-state index in [1.807, 2.05) is 0 Å². The molecule has 0 aromatic heterocycles. The molecule has 62 valence electrons. The normalized spacial score (nSPS) is 8.45. The molecule has 0 aliphatic rings. The van der Waals surface area contributed by atoms with Gasteiger partial charge in [0.15, 0.2) is 0 Å². The van der Waals surface area contributed by atoms with E-state index in [4.69, 9.17) is 0 Å². The Balaban J connectivity index is 3.62. The lowest BCUT2D eigenvalue weighted by Gasteiger charge is -2.11. The average Bonchev–Trinajstić information content (AvgIpc) is 2.00. The van der Waals surface area contributed by atoms with Crippen LogP contribution in [0.4, 0.5) is 0 Å². The van der Waals surface area contributed by atoms with Crippen molar-refractivity contribution >= 4 is 12.4 Å². The highest BCUT2D eigenvalue weighted by atomic mass is 16.7. The Bertz CT molecular complexity index is 156. The molecule has 0 aliphatic heterocycles. The molecular formula is C7H11NO3. The van der Waals surface area contributed by atoms with Crippen LogP contribution in [0.1, 0.15) is 12.8 Å². The molecular weight excluding hydrogens is 146 g/mol. The van der Waals surface area contributed by atoms with Gasteiger partial charge in [-0.05, 0) is 6.42 Å². The summed E-state index contributed by atoms with van der Waals surface area (Å²) in [5.74, 6) is -0.239. The minimum Gasteiger partial charge on any atom is -0.342 e. The summed E-state index contributed by atoms with van der Waals surface area (Å²) in [4.78, 5) is 24.9. The number of allylic oxidation sites excluding steroid dienone is 1. The molecule has 4 heteroatoms. The Kier molecular flexibility index (Phi) is 4.81. The van der Waals surface area contributed by atoms with Crippen molar-refractivity contribution in [1.29, 1.82) is 0 Å². The van der Waals surface area contributed by atoms with Crippen LogP contribution in [0, 0.1) is 0 Å². The number of carbonyl (C=O) groups excluding carboxylic acids is 2. The second-order valence-corrected chi connectivity index (χ2v) is 1.92. The number of hydrogen-bond donors (Lipinski definition) is 0. The van der Waals surface area contributed by atoms with Crippen LogP contribution in [0.15, 0.2) is 12.7 Å². The fraction of sp³-hybridized carbons (Fsp3) is 0.429. The van der Waals surface area contributed by atoms with E-state index in [0.29, 0.717) is 12.8 Å². The molecule has 0 radical (unpaired) electrons. The van der Waals surface area contributed by atoms with Crippen LogP contribution in [0.5, 0.6) is 0 Å². The van der Waals surface area contributed by atoms with E-state index in [9.17, 15) is 9.59 Å². The maximum Gasteiger partial charge on any atom is 0.320 e. The van der Waals surface area contributed by atoms with E-state index >= 15 is 0 Å². The number of hydrogen-bond acceptors (Lipinski definition) is 3. The topological polar surface area (TPSA) is 46.6 Å². The second-order valence-electron chi connectivity index (χ2n) is 1.92. The Morgan fingerprint density at radius 1 is 1.73 bits per heavy atom. The Labute approximate surface area is 65.4 Å². The maximum absolute atomic E-state index is 10.9. The fourth-order valence-electron chi connectivity index (χ4n) is 0.506. The van der Waals surface area contributed by atoms with Crippen LogP contribution in [0.3, 0.4) is 0 Å². The third-order valence-electron chi connectivity index (χ3n) is 1.11. The highest BCUT2D eigenvalue weighted by Crippen LogP contribution is 1.95. The molecule has 0 atom stereocenters. The summed E-state index contributed by atoms with van der Waals surface area (Å²) in [5.41, 5.74) is 0. The largest absolute Gasteiger partial charge is 0.342 e. The van der Waals surface area contributed by atoms with Crippen molar-refractivity contribution in [2.45, 2.75) is 12.8 Å². The lowest BCUT2D eigenvalue weighted by molar-refractivity contribution is -0.181. The molecule has 0 unspecified atom stereocenters. The summed E-state index contributed by atoms with van der Waals surface area (Å²) >= 11 is 0. The minimum absolute atomic E-state index is 0.214. The minimum atomic E-state index is -0.239. The summed E-state index contributed by atoms with van der Waals surface area (Å²) in [6.45, 7) is 3.67. The second kappa shape index (κ2) is 5.46. The molecule has 0 saturated carbocycles. The molecule has 0 spiro atoms. The van der Waals surface area contributed by atoms with E-state index in [-0.39, 0.29) is 12.4 Å². The lowest BCUT2D eigenvalue weighted by Crippen LogP contribution is -2.25. The number of amides is 1. The van der Waals surface area contributed by atoms with Crippen molar-refractivity contribution in [2.24, 2.45) is 0 Å². The first kappa shape index (κ1) is 9.68. The van der Waals surface area contributed by atoms with Crippen LogP contribution in [-0.2, 0) is 14.4 Å². The SMILES string of the molecule is C=CCCC(=O)N(C)OC=O. The van der Waals surface area contributed by atoms with E-state index in [1.54, 1.807) is 6.08 Å². The van der Waals surface area contributed by atoms with Crippen LogP contribution in [0.25, 0.3) is 0 Å². The summed E-state index contributed by atoms with van der Waals surface area (Å²) in [6, 6.07) is 0. The van der Waals surface area contributed by atoms with Gasteiger partial charge in [0, 0.05) is 13.5 Å². The first-order valence-electron chi connectivity index (χ1n) is 3.20. The zero-order valence-electron chi connectivity index (χ0n) is 6.45. The predicted molar refractivity (Wildman–Crippen MR) is 39.4 cm³/mol. The van der Waals surface area contributed by atoms with Crippen molar-refractivity contribution in [3.63, 3.8) is 0 Å². The third kappa shape index (κ3) is 4.13. The quantitative estimate of drug-likeness (QED) is 0.331. The maximum atomic E-state index is 10.9. The smallest absolute Gasteiger partial charge is 0.320 e. The van der Waals surface area contributed by atoms with E-state index < -0.39 is 0 Å². The fourth-order valence-corrected chi connectivity index (χ4v) is 0.506. The van der Waals surface area contributed by atoms with Crippen LogP contribution >= 0.6 is 0 Å². The number of hydroxylamine groups is 2. The van der Waals surface area contributed by atoms with Crippen molar-refractivity contribution in [2.75, 3.05) is 7.05 Å². The molecule has 0 heterocycles. The van der Waals surface area contributed by atoms with Gasteiger partial charge in [-0.3, -0.25) is 9.59 Å². The third-order valence-corrected chi connectivity index (χ3v) is 1.11. The van der Waals surface area contributed by atoms with Gasteiger partial charge in [-0.2, -0.15) is 5.06 Å². The molecule has 0 aromatic rings. The summed E-state index contributed by atoms with van der Waals surface area (Å²) < 4.78 is 0. The lowest BCUT2D eigenvalue weighted by atomic mass is 10.3. The number of rotatable bonds is 5. The zero-order valence-corrected chi connectivity index (χ0v) is 6.45. The predicted octanol–water partition coefficient (Wildman–Crippen LogP) is 0.499. The molecule has 0 saturated heterocycles. The van der Waals surface area contributed by atoms with Crippen LogP contribution in [-0.4, -0.2) is 24.5 Å². The summed E-state index contributed by atoms with van der Waals surface area (Å²) in [6.07, 6.45) is 2.53.